The number of nitrogens with one attached hydrogen (secondary N) is 2. The molecular formula is C20H27N5O2. The second kappa shape index (κ2) is 9.87. The third kappa shape index (κ3) is 6.21. The van der Waals surface area contributed by atoms with Crippen molar-refractivity contribution in [2.75, 3.05) is 32.7 Å². The topological polar surface area (TPSA) is 81.3 Å². The molecule has 0 spiro atoms. The zero-order chi connectivity index (χ0) is 18.9. The number of hydrogen-bond donors (Lipinski definition) is 2. The lowest BCUT2D eigenvalue weighted by molar-refractivity contribution is 0.197. The minimum atomic E-state index is -0.213. The van der Waals surface area contributed by atoms with Crippen LogP contribution >= 0.6 is 0 Å². The number of hydrogen-bond acceptors (Lipinski definition) is 4. The van der Waals surface area contributed by atoms with Crippen LogP contribution in [0.3, 0.4) is 0 Å². The van der Waals surface area contributed by atoms with Crippen molar-refractivity contribution in [3.8, 4) is 0 Å². The van der Waals surface area contributed by atoms with Crippen LogP contribution < -0.4 is 10.9 Å². The largest absolute Gasteiger partial charge is 0.332 e. The third-order valence-electron chi connectivity index (χ3n) is 4.81. The van der Waals surface area contributed by atoms with E-state index in [1.807, 2.05) is 11.0 Å². The summed E-state index contributed by atoms with van der Waals surface area (Å²) in [6.45, 7) is 4.71. The molecule has 2 amide bonds. The first-order valence-corrected chi connectivity index (χ1v) is 9.53. The second-order valence-corrected chi connectivity index (χ2v) is 6.83. The molecule has 2 aromatic rings. The Morgan fingerprint density at radius 2 is 2.00 bits per heavy atom. The Balaban J connectivity index is 1.39. The quantitative estimate of drug-likeness (QED) is 0.811. The predicted octanol–water partition coefficient (Wildman–Crippen LogP) is 1.62. The molecule has 0 bridgehead atoms. The number of H-pyrrole nitrogens is 1. The average molecular weight is 369 g/mol. The van der Waals surface area contributed by atoms with Gasteiger partial charge in [0.1, 0.15) is 0 Å². The number of aryl methyl sites for hydroxylation is 1. The van der Waals surface area contributed by atoms with Crippen molar-refractivity contribution in [2.24, 2.45) is 0 Å². The number of benzene rings is 1. The minimum absolute atomic E-state index is 0.0942. The maximum atomic E-state index is 12.4. The minimum Gasteiger partial charge on any atom is -0.332 e. The van der Waals surface area contributed by atoms with E-state index in [-0.39, 0.29) is 18.1 Å². The monoisotopic (exact) mass is 369 g/mol. The summed E-state index contributed by atoms with van der Waals surface area (Å²) >= 11 is 0. The van der Waals surface area contributed by atoms with E-state index < -0.39 is 0 Å². The molecule has 3 rings (SSSR count). The van der Waals surface area contributed by atoms with E-state index in [2.05, 4.69) is 44.5 Å². The smallest absolute Gasteiger partial charge is 0.317 e. The van der Waals surface area contributed by atoms with Crippen molar-refractivity contribution in [1.82, 2.24) is 25.1 Å². The van der Waals surface area contributed by atoms with Gasteiger partial charge in [-0.05, 0) is 37.9 Å². The molecule has 2 N–H and O–H groups in total. The Kier molecular flexibility index (Phi) is 6.98. The van der Waals surface area contributed by atoms with Crippen LogP contribution in [0.4, 0.5) is 4.79 Å². The van der Waals surface area contributed by atoms with Crippen molar-refractivity contribution in [3.63, 3.8) is 0 Å². The van der Waals surface area contributed by atoms with Crippen LogP contribution in [0.1, 0.15) is 24.1 Å². The second-order valence-electron chi connectivity index (χ2n) is 6.83. The lowest BCUT2D eigenvalue weighted by Gasteiger charge is -2.22. The Labute approximate surface area is 159 Å². The van der Waals surface area contributed by atoms with E-state index in [0.717, 1.165) is 52.0 Å². The standard InChI is InChI=1S/C20H27N5O2/c26-19-14-18(22-16-23-19)15-21-20(27)25-11-5-10-24(12-13-25)9-4-8-17-6-2-1-3-7-17/h1-3,6-7,14,16H,4-5,8-13,15H2,(H,21,27)(H,22,23,26). The summed E-state index contributed by atoms with van der Waals surface area (Å²) in [6.07, 6.45) is 4.54. The first-order chi connectivity index (χ1) is 13.2. The zero-order valence-electron chi connectivity index (χ0n) is 15.6. The lowest BCUT2D eigenvalue weighted by atomic mass is 10.1. The molecule has 7 heteroatoms. The van der Waals surface area contributed by atoms with Gasteiger partial charge in [0.25, 0.3) is 5.56 Å². The molecule has 1 aliphatic heterocycles. The van der Waals surface area contributed by atoms with E-state index in [9.17, 15) is 9.59 Å². The van der Waals surface area contributed by atoms with Gasteiger partial charge in [0.2, 0.25) is 0 Å². The molecule has 1 aliphatic rings. The Bertz CT molecular complexity index is 777. The molecule has 0 saturated carbocycles. The highest BCUT2D eigenvalue weighted by atomic mass is 16.2. The number of aromatic nitrogens is 2. The van der Waals surface area contributed by atoms with Crippen LogP contribution in [0.25, 0.3) is 0 Å². The van der Waals surface area contributed by atoms with Gasteiger partial charge in [-0.25, -0.2) is 9.78 Å². The molecule has 144 valence electrons. The van der Waals surface area contributed by atoms with Crippen LogP contribution in [-0.4, -0.2) is 58.5 Å². The highest BCUT2D eigenvalue weighted by Crippen LogP contribution is 2.07. The predicted molar refractivity (Wildman–Crippen MR) is 104 cm³/mol. The highest BCUT2D eigenvalue weighted by molar-refractivity contribution is 5.74. The summed E-state index contributed by atoms with van der Waals surface area (Å²) < 4.78 is 0. The summed E-state index contributed by atoms with van der Waals surface area (Å²) in [6, 6.07) is 11.9. The van der Waals surface area contributed by atoms with E-state index in [4.69, 9.17) is 0 Å². The van der Waals surface area contributed by atoms with Crippen LogP contribution in [0.15, 0.2) is 47.5 Å². The first kappa shape index (κ1) is 19.1. The molecule has 1 fully saturated rings. The fraction of sp³-hybridized carbons (Fsp3) is 0.450. The number of amides is 2. The highest BCUT2D eigenvalue weighted by Gasteiger charge is 2.18. The molecular weight excluding hydrogens is 342 g/mol. The zero-order valence-corrected chi connectivity index (χ0v) is 15.6. The summed E-state index contributed by atoms with van der Waals surface area (Å²) in [5, 5.41) is 2.86. The molecule has 0 unspecified atom stereocenters. The number of urea groups is 1. The Morgan fingerprint density at radius 3 is 2.81 bits per heavy atom. The van der Waals surface area contributed by atoms with Crippen molar-refractivity contribution in [2.45, 2.75) is 25.8 Å². The van der Waals surface area contributed by atoms with Gasteiger partial charge in [-0.3, -0.25) is 4.79 Å². The van der Waals surface area contributed by atoms with Crippen molar-refractivity contribution >= 4 is 6.03 Å². The van der Waals surface area contributed by atoms with Crippen LogP contribution in [0.2, 0.25) is 0 Å². The van der Waals surface area contributed by atoms with Crippen molar-refractivity contribution < 1.29 is 4.79 Å². The van der Waals surface area contributed by atoms with Gasteiger partial charge < -0.3 is 20.1 Å². The number of nitrogens with zero attached hydrogens (tertiary/aromatic N) is 3. The Hall–Kier alpha value is -2.67. The fourth-order valence-electron chi connectivity index (χ4n) is 3.33. The number of rotatable bonds is 6. The molecule has 0 radical (unpaired) electrons. The van der Waals surface area contributed by atoms with Gasteiger partial charge in [0, 0.05) is 25.7 Å². The fourth-order valence-corrected chi connectivity index (χ4v) is 3.33. The van der Waals surface area contributed by atoms with Gasteiger partial charge in [-0.2, -0.15) is 0 Å². The number of carbonyl (C=O) groups is 1. The first-order valence-electron chi connectivity index (χ1n) is 9.53. The number of carbonyl (C=O) groups excluding carboxylic acids is 1. The van der Waals surface area contributed by atoms with Crippen LogP contribution in [0.5, 0.6) is 0 Å². The van der Waals surface area contributed by atoms with Crippen molar-refractivity contribution in [3.05, 3.63) is 64.3 Å². The van der Waals surface area contributed by atoms with Gasteiger partial charge in [0.15, 0.2) is 0 Å². The molecule has 27 heavy (non-hydrogen) atoms. The molecule has 1 saturated heterocycles. The van der Waals surface area contributed by atoms with E-state index in [1.54, 1.807) is 0 Å². The maximum absolute atomic E-state index is 12.4. The summed E-state index contributed by atoms with van der Waals surface area (Å²) in [4.78, 5) is 34.5. The molecule has 0 aliphatic carbocycles. The maximum Gasteiger partial charge on any atom is 0.317 e. The van der Waals surface area contributed by atoms with Gasteiger partial charge >= 0.3 is 6.03 Å². The SMILES string of the molecule is O=C(NCc1cc(=O)[nH]cn1)N1CCCN(CCCc2ccccc2)CC1. The normalized spacial score (nSPS) is 15.3. The molecule has 0 atom stereocenters. The van der Waals surface area contributed by atoms with E-state index in [0.29, 0.717) is 5.69 Å². The number of aromatic amines is 1. The Morgan fingerprint density at radius 1 is 1.15 bits per heavy atom. The third-order valence-corrected chi connectivity index (χ3v) is 4.81. The van der Waals surface area contributed by atoms with Gasteiger partial charge in [-0.1, -0.05) is 30.3 Å². The van der Waals surface area contributed by atoms with Gasteiger partial charge in [0.05, 0.1) is 18.6 Å². The van der Waals surface area contributed by atoms with E-state index in [1.165, 1.54) is 18.0 Å². The molecule has 7 nitrogen and oxygen atoms in total. The molecule has 2 heterocycles. The molecule has 1 aromatic carbocycles. The van der Waals surface area contributed by atoms with Crippen LogP contribution in [0, 0.1) is 0 Å². The average Bonchev–Trinajstić information content (AvgIpc) is 2.93. The molecule has 1 aromatic heterocycles. The summed E-state index contributed by atoms with van der Waals surface area (Å²) in [5.74, 6) is 0. The summed E-state index contributed by atoms with van der Waals surface area (Å²) in [7, 11) is 0. The van der Waals surface area contributed by atoms with Gasteiger partial charge in [-0.15, -0.1) is 0 Å². The summed E-state index contributed by atoms with van der Waals surface area (Å²) in [5.41, 5.74) is 1.72. The van der Waals surface area contributed by atoms with Crippen LogP contribution in [-0.2, 0) is 13.0 Å². The van der Waals surface area contributed by atoms with E-state index >= 15 is 0 Å². The lowest BCUT2D eigenvalue weighted by Crippen LogP contribution is -2.42. The van der Waals surface area contributed by atoms with Crippen molar-refractivity contribution in [1.29, 1.82) is 0 Å².